The molecule has 1 saturated heterocycles. The van der Waals surface area contributed by atoms with E-state index in [0.29, 0.717) is 0 Å². The number of hydrogen-bond acceptors (Lipinski definition) is 5. The Morgan fingerprint density at radius 2 is 1.58 bits per heavy atom. The van der Waals surface area contributed by atoms with Gasteiger partial charge in [0.2, 0.25) is 0 Å². The van der Waals surface area contributed by atoms with Crippen LogP contribution in [0.5, 0.6) is 0 Å². The standard InChI is InChI=1S/C6H11BO5/c7-1-2-3(8)4(9)5(10)6(11)12-2/h2-6,8-11H,1H2. The number of ether oxygens (including phenoxy) is 1. The summed E-state index contributed by atoms with van der Waals surface area (Å²) in [5, 5.41) is 36.3. The van der Waals surface area contributed by atoms with Crippen LogP contribution in [0.1, 0.15) is 0 Å². The molecule has 1 aliphatic rings. The largest absolute Gasteiger partial charge is 0.388 e. The van der Waals surface area contributed by atoms with E-state index in [4.69, 9.17) is 27.9 Å². The molecule has 1 fully saturated rings. The predicted octanol–water partition coefficient (Wildman–Crippen LogP) is -2.63. The first-order valence-corrected chi connectivity index (χ1v) is 3.65. The molecule has 0 bridgehead atoms. The highest BCUT2D eigenvalue weighted by Crippen LogP contribution is 2.21. The van der Waals surface area contributed by atoms with Gasteiger partial charge in [0.15, 0.2) is 6.29 Å². The first-order valence-electron chi connectivity index (χ1n) is 3.65. The lowest BCUT2D eigenvalue weighted by molar-refractivity contribution is -0.277. The van der Waals surface area contributed by atoms with Crippen molar-refractivity contribution in [1.82, 2.24) is 0 Å². The predicted molar refractivity (Wildman–Crippen MR) is 39.5 cm³/mol. The summed E-state index contributed by atoms with van der Waals surface area (Å²) in [5.41, 5.74) is 0. The molecule has 0 aromatic heterocycles. The Balaban J connectivity index is 2.63. The number of aliphatic hydroxyl groups excluding tert-OH is 4. The zero-order valence-corrected chi connectivity index (χ0v) is 6.37. The van der Waals surface area contributed by atoms with Gasteiger partial charge in [0.1, 0.15) is 18.3 Å². The molecule has 5 atom stereocenters. The number of hydrogen-bond donors (Lipinski definition) is 4. The Kier molecular flexibility index (Phi) is 3.08. The highest BCUT2D eigenvalue weighted by molar-refractivity contribution is 6.08. The van der Waals surface area contributed by atoms with Gasteiger partial charge in [0.25, 0.3) is 0 Å². The van der Waals surface area contributed by atoms with Crippen molar-refractivity contribution in [3.63, 3.8) is 0 Å². The van der Waals surface area contributed by atoms with Gasteiger partial charge in [0, 0.05) is 0 Å². The first-order chi connectivity index (χ1) is 5.57. The molecule has 1 rings (SSSR count). The van der Waals surface area contributed by atoms with Gasteiger partial charge in [-0.1, -0.05) is 6.32 Å². The van der Waals surface area contributed by atoms with Crippen LogP contribution in [-0.2, 0) is 4.74 Å². The first kappa shape index (κ1) is 9.95. The second-order valence-electron chi connectivity index (χ2n) is 2.77. The fraction of sp³-hybridized carbons (Fsp3) is 1.00. The summed E-state index contributed by atoms with van der Waals surface area (Å²) < 4.78 is 4.70. The van der Waals surface area contributed by atoms with Crippen LogP contribution in [0.3, 0.4) is 0 Å². The summed E-state index contributed by atoms with van der Waals surface area (Å²) >= 11 is 0. The van der Waals surface area contributed by atoms with E-state index in [-0.39, 0.29) is 6.32 Å². The molecule has 0 aromatic carbocycles. The maximum Gasteiger partial charge on any atom is 0.183 e. The molecular formula is C6H11BO5. The van der Waals surface area contributed by atoms with Crippen molar-refractivity contribution in [2.45, 2.75) is 37.0 Å². The molecule has 6 heteroatoms. The molecule has 2 radical (unpaired) electrons. The van der Waals surface area contributed by atoms with Crippen molar-refractivity contribution in [2.24, 2.45) is 0 Å². The molecule has 12 heavy (non-hydrogen) atoms. The number of rotatable bonds is 1. The molecule has 0 aliphatic carbocycles. The zero-order valence-electron chi connectivity index (χ0n) is 6.37. The maximum absolute atomic E-state index is 9.20. The zero-order chi connectivity index (χ0) is 9.30. The molecule has 1 heterocycles. The van der Waals surface area contributed by atoms with Gasteiger partial charge in [-0.15, -0.1) is 0 Å². The Hall–Kier alpha value is -0.135. The third-order valence-corrected chi connectivity index (χ3v) is 1.92. The van der Waals surface area contributed by atoms with Crippen molar-refractivity contribution < 1.29 is 25.2 Å². The Morgan fingerprint density at radius 1 is 1.00 bits per heavy atom. The van der Waals surface area contributed by atoms with Crippen LogP contribution in [-0.4, -0.2) is 59.0 Å². The summed E-state index contributed by atoms with van der Waals surface area (Å²) in [4.78, 5) is 0. The second kappa shape index (κ2) is 3.72. The minimum Gasteiger partial charge on any atom is -0.388 e. The van der Waals surface area contributed by atoms with Crippen LogP contribution < -0.4 is 0 Å². The van der Waals surface area contributed by atoms with Crippen molar-refractivity contribution >= 4 is 7.85 Å². The minimum atomic E-state index is -1.49. The summed E-state index contributed by atoms with van der Waals surface area (Å²) in [7, 11) is 5.17. The summed E-state index contributed by atoms with van der Waals surface area (Å²) in [6.45, 7) is 0. The lowest BCUT2D eigenvalue weighted by atomic mass is 9.89. The topological polar surface area (TPSA) is 90.2 Å². The quantitative estimate of drug-likeness (QED) is 0.326. The number of aliphatic hydroxyl groups is 4. The van der Waals surface area contributed by atoms with Gasteiger partial charge in [-0.25, -0.2) is 0 Å². The van der Waals surface area contributed by atoms with Gasteiger partial charge < -0.3 is 25.2 Å². The van der Waals surface area contributed by atoms with E-state index in [0.717, 1.165) is 0 Å². The van der Waals surface area contributed by atoms with Crippen molar-refractivity contribution in [3.8, 4) is 0 Å². The molecule has 5 unspecified atom stereocenters. The van der Waals surface area contributed by atoms with Crippen LogP contribution in [0, 0.1) is 0 Å². The molecule has 4 N–H and O–H groups in total. The molecule has 1 aliphatic heterocycles. The second-order valence-corrected chi connectivity index (χ2v) is 2.77. The molecule has 0 amide bonds. The molecule has 5 nitrogen and oxygen atoms in total. The maximum atomic E-state index is 9.20. The van der Waals surface area contributed by atoms with E-state index in [1.165, 1.54) is 0 Å². The highest BCUT2D eigenvalue weighted by atomic mass is 16.6. The van der Waals surface area contributed by atoms with E-state index < -0.39 is 30.7 Å². The smallest absolute Gasteiger partial charge is 0.183 e. The lowest BCUT2D eigenvalue weighted by Crippen LogP contribution is -2.57. The summed E-state index contributed by atoms with van der Waals surface area (Å²) in [6.07, 6.45) is -6.50. The fourth-order valence-corrected chi connectivity index (χ4v) is 1.13. The van der Waals surface area contributed by atoms with Crippen LogP contribution >= 0.6 is 0 Å². The van der Waals surface area contributed by atoms with Crippen LogP contribution in [0.4, 0.5) is 0 Å². The Morgan fingerprint density at radius 3 is 2.08 bits per heavy atom. The Bertz CT molecular complexity index is 150. The van der Waals surface area contributed by atoms with Crippen molar-refractivity contribution in [2.75, 3.05) is 0 Å². The van der Waals surface area contributed by atoms with Crippen molar-refractivity contribution in [1.29, 1.82) is 0 Å². The molecule has 0 aromatic rings. The van der Waals surface area contributed by atoms with E-state index >= 15 is 0 Å². The molecular weight excluding hydrogens is 163 g/mol. The Labute approximate surface area is 71.0 Å². The van der Waals surface area contributed by atoms with Gasteiger partial charge in [0.05, 0.1) is 14.0 Å². The average Bonchev–Trinajstić information content (AvgIpc) is 2.08. The normalized spacial score (nSPS) is 49.2. The van der Waals surface area contributed by atoms with E-state index in [1.807, 2.05) is 0 Å². The molecule has 68 valence electrons. The van der Waals surface area contributed by atoms with E-state index in [1.54, 1.807) is 0 Å². The monoisotopic (exact) mass is 174 g/mol. The minimum absolute atomic E-state index is 0.0258. The molecule has 0 spiro atoms. The molecule has 0 saturated carbocycles. The summed E-state index contributed by atoms with van der Waals surface area (Å²) in [5.74, 6) is 0. The van der Waals surface area contributed by atoms with Gasteiger partial charge in [-0.05, 0) is 0 Å². The van der Waals surface area contributed by atoms with E-state index in [9.17, 15) is 5.11 Å². The van der Waals surface area contributed by atoms with Crippen molar-refractivity contribution in [3.05, 3.63) is 0 Å². The summed E-state index contributed by atoms with van der Waals surface area (Å²) in [6, 6.07) is 0. The van der Waals surface area contributed by atoms with Crippen LogP contribution in [0.25, 0.3) is 0 Å². The van der Waals surface area contributed by atoms with Gasteiger partial charge >= 0.3 is 0 Å². The van der Waals surface area contributed by atoms with Crippen LogP contribution in [0.2, 0.25) is 6.32 Å². The highest BCUT2D eigenvalue weighted by Gasteiger charge is 2.41. The average molecular weight is 174 g/mol. The van der Waals surface area contributed by atoms with Crippen LogP contribution in [0.15, 0.2) is 0 Å². The third-order valence-electron chi connectivity index (χ3n) is 1.92. The van der Waals surface area contributed by atoms with Gasteiger partial charge in [-0.2, -0.15) is 0 Å². The fourth-order valence-electron chi connectivity index (χ4n) is 1.13. The van der Waals surface area contributed by atoms with E-state index in [2.05, 4.69) is 0 Å². The third kappa shape index (κ3) is 1.62. The lowest BCUT2D eigenvalue weighted by Gasteiger charge is -2.38. The SMILES string of the molecule is [B]CC1OC(O)C(O)C(O)C1O. The van der Waals surface area contributed by atoms with Gasteiger partial charge in [-0.3, -0.25) is 0 Å².